The average molecular weight is 355 g/mol. The first-order valence-electron chi connectivity index (χ1n) is 5.56. The zero-order chi connectivity index (χ0) is 14.8. The number of hydrogen-bond donors (Lipinski definition) is 2. The number of halogens is 1. The molecule has 20 heavy (non-hydrogen) atoms. The highest BCUT2D eigenvalue weighted by Gasteiger charge is 2.10. The third-order valence-electron chi connectivity index (χ3n) is 2.55. The van der Waals surface area contributed by atoms with Gasteiger partial charge in [-0.05, 0) is 48.5 Å². The van der Waals surface area contributed by atoms with Crippen LogP contribution in [0.5, 0.6) is 0 Å². The van der Waals surface area contributed by atoms with Crippen LogP contribution in [0.4, 0.5) is 5.69 Å². The first-order chi connectivity index (χ1) is 9.36. The number of benzene rings is 2. The van der Waals surface area contributed by atoms with Crippen LogP contribution in [0.15, 0.2) is 57.9 Å². The minimum Gasteiger partial charge on any atom is -0.322 e. The highest BCUT2D eigenvalue weighted by Crippen LogP contribution is 2.15. The maximum absolute atomic E-state index is 12.0. The number of sulfonamides is 1. The predicted octanol–water partition coefficient (Wildman–Crippen LogP) is 2.35. The van der Waals surface area contributed by atoms with E-state index in [9.17, 15) is 13.2 Å². The molecule has 0 atom stereocenters. The highest BCUT2D eigenvalue weighted by atomic mass is 79.9. The first-order valence-corrected chi connectivity index (χ1v) is 7.90. The molecule has 0 unspecified atom stereocenters. The third kappa shape index (κ3) is 3.66. The van der Waals surface area contributed by atoms with E-state index >= 15 is 0 Å². The average Bonchev–Trinajstić information content (AvgIpc) is 2.40. The summed E-state index contributed by atoms with van der Waals surface area (Å²) in [5.74, 6) is -0.326. The summed E-state index contributed by atoms with van der Waals surface area (Å²) in [6.07, 6.45) is 0. The van der Waals surface area contributed by atoms with E-state index in [1.165, 1.54) is 24.3 Å². The molecule has 0 aliphatic carbocycles. The van der Waals surface area contributed by atoms with Gasteiger partial charge in [-0.25, -0.2) is 13.6 Å². The fourth-order valence-corrected chi connectivity index (χ4v) is 2.31. The fourth-order valence-electron chi connectivity index (χ4n) is 1.53. The van der Waals surface area contributed by atoms with Crippen LogP contribution >= 0.6 is 15.9 Å². The second-order valence-electron chi connectivity index (χ2n) is 4.03. The second-order valence-corrected chi connectivity index (χ2v) is 6.51. The van der Waals surface area contributed by atoms with Gasteiger partial charge in [0.2, 0.25) is 10.0 Å². The number of primary sulfonamides is 1. The van der Waals surface area contributed by atoms with Gasteiger partial charge in [0.05, 0.1) is 4.90 Å². The number of nitrogens with one attached hydrogen (secondary N) is 1. The summed E-state index contributed by atoms with van der Waals surface area (Å²) >= 11 is 3.30. The lowest BCUT2D eigenvalue weighted by molar-refractivity contribution is 0.102. The molecule has 7 heteroatoms. The normalized spacial score (nSPS) is 11.1. The van der Waals surface area contributed by atoms with Gasteiger partial charge >= 0.3 is 0 Å². The summed E-state index contributed by atoms with van der Waals surface area (Å²) in [6.45, 7) is 0. The largest absolute Gasteiger partial charge is 0.322 e. The second kappa shape index (κ2) is 5.74. The van der Waals surface area contributed by atoms with E-state index in [4.69, 9.17) is 5.14 Å². The minimum atomic E-state index is -3.75. The van der Waals surface area contributed by atoms with Gasteiger partial charge in [0.15, 0.2) is 0 Å². The lowest BCUT2D eigenvalue weighted by atomic mass is 10.2. The van der Waals surface area contributed by atoms with Crippen LogP contribution in [0.3, 0.4) is 0 Å². The molecule has 0 fully saturated rings. The Labute approximate surface area is 125 Å². The molecule has 0 spiro atoms. The topological polar surface area (TPSA) is 89.3 Å². The summed E-state index contributed by atoms with van der Waals surface area (Å²) in [5, 5.41) is 7.69. The zero-order valence-electron chi connectivity index (χ0n) is 10.2. The van der Waals surface area contributed by atoms with Gasteiger partial charge in [-0.2, -0.15) is 0 Å². The van der Waals surface area contributed by atoms with Crippen molar-refractivity contribution < 1.29 is 13.2 Å². The molecule has 2 aromatic carbocycles. The number of rotatable bonds is 3. The van der Waals surface area contributed by atoms with E-state index in [1.807, 2.05) is 0 Å². The van der Waals surface area contributed by atoms with Crippen molar-refractivity contribution in [1.82, 2.24) is 0 Å². The molecular weight excluding hydrogens is 344 g/mol. The van der Waals surface area contributed by atoms with Gasteiger partial charge in [0.25, 0.3) is 5.91 Å². The molecule has 3 N–H and O–H groups in total. The van der Waals surface area contributed by atoms with Gasteiger partial charge in [-0.1, -0.05) is 15.9 Å². The number of anilines is 1. The van der Waals surface area contributed by atoms with Crippen LogP contribution in [-0.2, 0) is 10.0 Å². The van der Waals surface area contributed by atoms with E-state index in [1.54, 1.807) is 24.3 Å². The van der Waals surface area contributed by atoms with Crippen LogP contribution in [-0.4, -0.2) is 14.3 Å². The Morgan fingerprint density at radius 2 is 1.55 bits per heavy atom. The molecule has 0 aliphatic rings. The molecule has 104 valence electrons. The van der Waals surface area contributed by atoms with Gasteiger partial charge < -0.3 is 5.32 Å². The molecule has 0 heterocycles. The van der Waals surface area contributed by atoms with Gasteiger partial charge in [0.1, 0.15) is 0 Å². The lowest BCUT2D eigenvalue weighted by Gasteiger charge is -2.06. The van der Waals surface area contributed by atoms with Crippen molar-refractivity contribution in [1.29, 1.82) is 0 Å². The molecule has 1 amide bonds. The van der Waals surface area contributed by atoms with Gasteiger partial charge in [-0.3, -0.25) is 4.79 Å². The maximum atomic E-state index is 12.0. The van der Waals surface area contributed by atoms with Crippen LogP contribution < -0.4 is 10.5 Å². The summed E-state index contributed by atoms with van der Waals surface area (Å²) in [6, 6.07) is 12.5. The quantitative estimate of drug-likeness (QED) is 0.886. The predicted molar refractivity (Wildman–Crippen MR) is 79.9 cm³/mol. The first kappa shape index (κ1) is 14.7. The van der Waals surface area contributed by atoms with Crippen molar-refractivity contribution in [3.63, 3.8) is 0 Å². The molecule has 0 aromatic heterocycles. The number of hydrogen-bond acceptors (Lipinski definition) is 3. The molecule has 5 nitrogen and oxygen atoms in total. The number of carbonyl (C=O) groups excluding carboxylic acids is 1. The monoisotopic (exact) mass is 354 g/mol. The van der Waals surface area contributed by atoms with Crippen molar-refractivity contribution in [2.75, 3.05) is 5.32 Å². The Balaban J connectivity index is 2.15. The Morgan fingerprint density at radius 1 is 1.00 bits per heavy atom. The summed E-state index contributed by atoms with van der Waals surface area (Å²) in [4.78, 5) is 11.9. The van der Waals surface area contributed by atoms with Crippen LogP contribution in [0.2, 0.25) is 0 Å². The Bertz CT molecular complexity index is 725. The number of amides is 1. The number of carbonyl (C=O) groups is 1. The van der Waals surface area contributed by atoms with Crippen LogP contribution in [0, 0.1) is 0 Å². The lowest BCUT2D eigenvalue weighted by Crippen LogP contribution is -2.14. The fraction of sp³-hybridized carbons (Fsp3) is 0. The third-order valence-corrected chi connectivity index (χ3v) is 4.01. The molecule has 0 radical (unpaired) electrons. The van der Waals surface area contributed by atoms with Crippen molar-refractivity contribution in [3.05, 3.63) is 58.6 Å². The van der Waals surface area contributed by atoms with Gasteiger partial charge in [0, 0.05) is 15.7 Å². The van der Waals surface area contributed by atoms with Crippen molar-refractivity contribution in [2.24, 2.45) is 5.14 Å². The SMILES string of the molecule is NS(=O)(=O)c1ccc(C(=O)Nc2ccc(Br)cc2)cc1. The highest BCUT2D eigenvalue weighted by molar-refractivity contribution is 9.10. The molecule has 2 aromatic rings. The van der Waals surface area contributed by atoms with E-state index in [0.717, 1.165) is 4.47 Å². The van der Waals surface area contributed by atoms with Crippen LogP contribution in [0.25, 0.3) is 0 Å². The summed E-state index contributed by atoms with van der Waals surface area (Å²) in [7, 11) is -3.75. The van der Waals surface area contributed by atoms with Crippen molar-refractivity contribution in [3.8, 4) is 0 Å². The molecular formula is C13H11BrN2O3S. The molecule has 0 saturated heterocycles. The Morgan fingerprint density at radius 3 is 2.05 bits per heavy atom. The Hall–Kier alpha value is -1.70. The van der Waals surface area contributed by atoms with Gasteiger partial charge in [-0.15, -0.1) is 0 Å². The van der Waals surface area contributed by atoms with E-state index < -0.39 is 10.0 Å². The van der Waals surface area contributed by atoms with Crippen molar-refractivity contribution in [2.45, 2.75) is 4.90 Å². The standard InChI is InChI=1S/C13H11BrN2O3S/c14-10-3-5-11(6-4-10)16-13(17)9-1-7-12(8-2-9)20(15,18)19/h1-8H,(H,16,17)(H2,15,18,19). The Kier molecular flexibility index (Phi) is 4.22. The van der Waals surface area contributed by atoms with Crippen molar-refractivity contribution >= 4 is 37.5 Å². The zero-order valence-corrected chi connectivity index (χ0v) is 12.6. The smallest absolute Gasteiger partial charge is 0.255 e. The molecule has 0 bridgehead atoms. The number of nitrogens with two attached hydrogens (primary N) is 1. The minimum absolute atomic E-state index is 0.0299. The molecule has 0 saturated carbocycles. The van der Waals surface area contributed by atoms with Crippen LogP contribution in [0.1, 0.15) is 10.4 Å². The van der Waals surface area contributed by atoms with E-state index in [0.29, 0.717) is 11.3 Å². The summed E-state index contributed by atoms with van der Waals surface area (Å²) < 4.78 is 23.1. The molecule has 2 rings (SSSR count). The van der Waals surface area contributed by atoms with E-state index in [-0.39, 0.29) is 10.8 Å². The maximum Gasteiger partial charge on any atom is 0.255 e. The summed E-state index contributed by atoms with van der Waals surface area (Å²) in [5.41, 5.74) is 0.994. The molecule has 0 aliphatic heterocycles. The van der Waals surface area contributed by atoms with E-state index in [2.05, 4.69) is 21.2 Å².